The smallest absolute Gasteiger partial charge is 0.322 e. The van der Waals surface area contributed by atoms with Crippen molar-refractivity contribution in [3.63, 3.8) is 0 Å². The van der Waals surface area contributed by atoms with Crippen LogP contribution in [-0.2, 0) is 0 Å². The third-order valence-electron chi connectivity index (χ3n) is 6.44. The number of rotatable bonds is 3. The van der Waals surface area contributed by atoms with E-state index in [4.69, 9.17) is 16.6 Å². The third-order valence-corrected chi connectivity index (χ3v) is 6.68. The molecule has 2 aromatic heterocycles. The summed E-state index contributed by atoms with van der Waals surface area (Å²) in [6.07, 6.45) is 2.28. The Bertz CT molecular complexity index is 1370. The first kappa shape index (κ1) is 20.2. The maximum Gasteiger partial charge on any atom is 0.322 e. The highest BCUT2D eigenvalue weighted by Gasteiger charge is 2.34. The number of nitrogens with one attached hydrogen (secondary N) is 1. The Kier molecular flexibility index (Phi) is 4.83. The number of halogens is 1. The number of anilines is 2. The van der Waals surface area contributed by atoms with E-state index in [1.807, 2.05) is 41.3 Å². The molecule has 2 amide bonds. The zero-order valence-electron chi connectivity index (χ0n) is 18.3. The quantitative estimate of drug-likeness (QED) is 0.484. The van der Waals surface area contributed by atoms with E-state index >= 15 is 0 Å². The van der Waals surface area contributed by atoms with E-state index in [-0.39, 0.29) is 12.1 Å². The second kappa shape index (κ2) is 7.88. The summed E-state index contributed by atoms with van der Waals surface area (Å²) >= 11 is 6.06. The zero-order valence-corrected chi connectivity index (χ0v) is 19.0. The van der Waals surface area contributed by atoms with Crippen LogP contribution < -0.4 is 10.2 Å². The molecule has 0 bridgehead atoms. The molecule has 2 aliphatic rings. The zero-order chi connectivity index (χ0) is 22.5. The normalized spacial score (nSPS) is 18.8. The fraction of sp³-hybridized carbons (Fsp3) is 0.333. The minimum absolute atomic E-state index is 0.00195. The molecule has 1 unspecified atom stereocenters. The highest BCUT2D eigenvalue weighted by Crippen LogP contribution is 2.40. The van der Waals surface area contributed by atoms with Gasteiger partial charge in [-0.15, -0.1) is 10.2 Å². The number of hydrogen-bond acceptors (Lipinski definition) is 5. The first-order valence-corrected chi connectivity index (χ1v) is 11.7. The fourth-order valence-electron chi connectivity index (χ4n) is 4.61. The summed E-state index contributed by atoms with van der Waals surface area (Å²) in [5, 5.41) is 13.6. The van der Waals surface area contributed by atoms with Crippen molar-refractivity contribution >= 4 is 45.8 Å². The van der Waals surface area contributed by atoms with Crippen LogP contribution in [0.2, 0.25) is 5.02 Å². The lowest BCUT2D eigenvalue weighted by molar-refractivity contribution is 0.184. The maximum atomic E-state index is 12.9. The number of benzene rings is 2. The lowest BCUT2D eigenvalue weighted by atomic mass is 10.2. The number of carbonyl (C=O) groups excluding carboxylic acids is 1. The van der Waals surface area contributed by atoms with Gasteiger partial charge in [0.05, 0.1) is 5.52 Å². The van der Waals surface area contributed by atoms with Gasteiger partial charge in [-0.25, -0.2) is 14.2 Å². The second-order valence-corrected chi connectivity index (χ2v) is 9.29. The molecule has 1 aliphatic heterocycles. The third kappa shape index (κ3) is 3.64. The van der Waals surface area contributed by atoms with E-state index in [9.17, 15) is 4.79 Å². The van der Waals surface area contributed by atoms with Gasteiger partial charge < -0.3 is 15.1 Å². The van der Waals surface area contributed by atoms with Crippen LogP contribution in [0.25, 0.3) is 16.6 Å². The Morgan fingerprint density at radius 2 is 1.94 bits per heavy atom. The number of para-hydroxylation sites is 1. The molecule has 2 fully saturated rings. The number of aromatic nitrogens is 4. The van der Waals surface area contributed by atoms with Gasteiger partial charge in [0.25, 0.3) is 0 Å². The van der Waals surface area contributed by atoms with Crippen molar-refractivity contribution in [2.45, 2.75) is 31.7 Å². The minimum atomic E-state index is -0.121. The van der Waals surface area contributed by atoms with Crippen LogP contribution in [0.5, 0.6) is 0 Å². The highest BCUT2D eigenvalue weighted by atomic mass is 35.5. The van der Waals surface area contributed by atoms with Gasteiger partial charge in [-0.1, -0.05) is 29.8 Å². The average Bonchev–Trinajstić information content (AvgIpc) is 3.56. The SMILES string of the molecule is CC1CN(c2nc3ccccc3c3nnc(C4CC4)n23)CCN1C(=O)Nc1cccc(Cl)c1. The standard InChI is InChI=1S/C24H24ClN7O/c1-15-14-30(11-12-31(15)24(33)26-18-6-4-5-17(25)13-18)23-27-20-8-3-2-7-19(20)22-29-28-21(32(22)23)16-9-10-16/h2-8,13,15-16H,9-12,14H2,1H3,(H,26,33). The van der Waals surface area contributed by atoms with Crippen LogP contribution in [0.15, 0.2) is 48.5 Å². The van der Waals surface area contributed by atoms with Crippen LogP contribution in [0.3, 0.4) is 0 Å². The molecule has 0 spiro atoms. The lowest BCUT2D eigenvalue weighted by Crippen LogP contribution is -2.55. The van der Waals surface area contributed by atoms with Crippen molar-refractivity contribution in [3.8, 4) is 0 Å². The van der Waals surface area contributed by atoms with Gasteiger partial charge in [0, 0.05) is 47.7 Å². The van der Waals surface area contributed by atoms with Crippen LogP contribution in [0.1, 0.15) is 31.5 Å². The van der Waals surface area contributed by atoms with E-state index in [0.29, 0.717) is 36.3 Å². The van der Waals surface area contributed by atoms with Crippen molar-refractivity contribution in [1.82, 2.24) is 24.5 Å². The lowest BCUT2D eigenvalue weighted by Gasteiger charge is -2.40. The van der Waals surface area contributed by atoms with E-state index in [2.05, 4.69) is 31.7 Å². The number of amides is 2. The van der Waals surface area contributed by atoms with Crippen molar-refractivity contribution < 1.29 is 4.79 Å². The Balaban J connectivity index is 1.30. The Hall–Kier alpha value is -3.39. The molecule has 4 aromatic rings. The molecule has 6 rings (SSSR count). The molecule has 1 N–H and O–H groups in total. The summed E-state index contributed by atoms with van der Waals surface area (Å²) in [6.45, 7) is 4.00. The van der Waals surface area contributed by atoms with Gasteiger partial charge in [-0.3, -0.25) is 0 Å². The highest BCUT2D eigenvalue weighted by molar-refractivity contribution is 6.30. The van der Waals surface area contributed by atoms with Gasteiger partial charge in [0.2, 0.25) is 5.95 Å². The number of carbonyl (C=O) groups is 1. The summed E-state index contributed by atoms with van der Waals surface area (Å²) in [6, 6.07) is 15.2. The summed E-state index contributed by atoms with van der Waals surface area (Å²) in [5.74, 6) is 2.30. The summed E-state index contributed by atoms with van der Waals surface area (Å²) < 4.78 is 2.13. The largest absolute Gasteiger partial charge is 0.338 e. The number of nitrogens with zero attached hydrogens (tertiary/aromatic N) is 6. The van der Waals surface area contributed by atoms with Crippen molar-refractivity contribution in [2.75, 3.05) is 29.9 Å². The molecular weight excluding hydrogens is 438 g/mol. The van der Waals surface area contributed by atoms with Gasteiger partial charge in [-0.05, 0) is 50.1 Å². The van der Waals surface area contributed by atoms with Crippen LogP contribution in [-0.4, -0.2) is 56.2 Å². The molecule has 8 nitrogen and oxygen atoms in total. The molecule has 1 saturated carbocycles. The number of hydrogen-bond donors (Lipinski definition) is 1. The summed E-state index contributed by atoms with van der Waals surface area (Å²) in [5.41, 5.74) is 2.45. The monoisotopic (exact) mass is 461 g/mol. The van der Waals surface area contributed by atoms with E-state index in [0.717, 1.165) is 41.2 Å². The first-order chi connectivity index (χ1) is 16.1. The minimum Gasteiger partial charge on any atom is -0.338 e. The average molecular weight is 462 g/mol. The molecule has 33 heavy (non-hydrogen) atoms. The summed E-state index contributed by atoms with van der Waals surface area (Å²) in [7, 11) is 0. The predicted molar refractivity (Wildman–Crippen MR) is 129 cm³/mol. The van der Waals surface area contributed by atoms with Crippen LogP contribution in [0, 0.1) is 0 Å². The first-order valence-electron chi connectivity index (χ1n) is 11.3. The topological polar surface area (TPSA) is 78.7 Å². The number of fused-ring (bicyclic) bond motifs is 3. The number of piperazine rings is 1. The molecule has 1 saturated heterocycles. The Morgan fingerprint density at radius 1 is 1.09 bits per heavy atom. The Morgan fingerprint density at radius 3 is 2.73 bits per heavy atom. The van der Waals surface area contributed by atoms with Crippen LogP contribution in [0.4, 0.5) is 16.4 Å². The molecule has 168 valence electrons. The molecule has 2 aromatic carbocycles. The Labute approximate surface area is 196 Å². The molecular formula is C24H24ClN7O. The van der Waals surface area contributed by atoms with E-state index in [1.165, 1.54) is 0 Å². The molecule has 0 radical (unpaired) electrons. The van der Waals surface area contributed by atoms with Crippen molar-refractivity contribution in [1.29, 1.82) is 0 Å². The molecule has 1 atom stereocenters. The predicted octanol–water partition coefficient (Wildman–Crippen LogP) is 4.55. The van der Waals surface area contributed by atoms with Crippen molar-refractivity contribution in [2.24, 2.45) is 0 Å². The van der Waals surface area contributed by atoms with E-state index < -0.39 is 0 Å². The molecule has 9 heteroatoms. The summed E-state index contributed by atoms with van der Waals surface area (Å²) in [4.78, 5) is 22.1. The molecule has 3 heterocycles. The fourth-order valence-corrected chi connectivity index (χ4v) is 4.80. The van der Waals surface area contributed by atoms with E-state index in [1.54, 1.807) is 12.1 Å². The van der Waals surface area contributed by atoms with Crippen LogP contribution >= 0.6 is 11.6 Å². The van der Waals surface area contributed by atoms with Gasteiger partial charge in [-0.2, -0.15) is 0 Å². The second-order valence-electron chi connectivity index (χ2n) is 8.85. The van der Waals surface area contributed by atoms with Gasteiger partial charge >= 0.3 is 6.03 Å². The van der Waals surface area contributed by atoms with Gasteiger partial charge in [0.15, 0.2) is 5.65 Å². The van der Waals surface area contributed by atoms with Gasteiger partial charge in [0.1, 0.15) is 5.82 Å². The van der Waals surface area contributed by atoms with Crippen molar-refractivity contribution in [3.05, 3.63) is 59.4 Å². The number of urea groups is 1. The molecule has 1 aliphatic carbocycles. The maximum absolute atomic E-state index is 12.9.